The van der Waals surface area contributed by atoms with Crippen molar-refractivity contribution in [3.63, 3.8) is 0 Å². The largest absolute Gasteiger partial charge is 0.493 e. The molecule has 6 nitrogen and oxygen atoms in total. The van der Waals surface area contributed by atoms with E-state index < -0.39 is 5.60 Å². The van der Waals surface area contributed by atoms with Gasteiger partial charge in [-0.1, -0.05) is 19.1 Å². The van der Waals surface area contributed by atoms with E-state index in [1.807, 2.05) is 40.7 Å². The maximum atomic E-state index is 12.3. The van der Waals surface area contributed by atoms with Crippen LogP contribution in [0.25, 0.3) is 0 Å². The standard InChI is InChI=1S/C21H33N3O3/c1-8-10-18(19(26-7)17(15-22)16(3)9-2)23-11-13-24(14-12-23)20(25)27-21(4,5)6/h9-10H,8,11-14H2,1-7H3/b16-9-,18-10-,19-17+. The molecule has 0 bridgehead atoms. The highest BCUT2D eigenvalue weighted by Crippen LogP contribution is 2.26. The molecule has 0 unspecified atom stereocenters. The summed E-state index contributed by atoms with van der Waals surface area (Å²) in [6, 6.07) is 2.27. The van der Waals surface area contributed by atoms with Crippen molar-refractivity contribution in [3.8, 4) is 6.07 Å². The summed E-state index contributed by atoms with van der Waals surface area (Å²) in [7, 11) is 1.59. The summed E-state index contributed by atoms with van der Waals surface area (Å²) >= 11 is 0. The van der Waals surface area contributed by atoms with E-state index in [-0.39, 0.29) is 6.09 Å². The number of rotatable bonds is 5. The molecule has 0 saturated carbocycles. The number of carbonyl (C=O) groups excluding carboxylic acids is 1. The van der Waals surface area contributed by atoms with Gasteiger partial charge < -0.3 is 19.3 Å². The molecule has 1 fully saturated rings. The van der Waals surface area contributed by atoms with Crippen LogP contribution in [0.4, 0.5) is 4.79 Å². The molecule has 0 radical (unpaired) electrons. The third-order valence-corrected chi connectivity index (χ3v) is 4.27. The van der Waals surface area contributed by atoms with E-state index >= 15 is 0 Å². The summed E-state index contributed by atoms with van der Waals surface area (Å²) in [6.45, 7) is 13.9. The van der Waals surface area contributed by atoms with Gasteiger partial charge >= 0.3 is 6.09 Å². The minimum Gasteiger partial charge on any atom is -0.493 e. The molecular formula is C21H33N3O3. The van der Waals surface area contributed by atoms with Gasteiger partial charge in [0.25, 0.3) is 0 Å². The highest BCUT2D eigenvalue weighted by molar-refractivity contribution is 5.68. The molecule has 0 aliphatic carbocycles. The molecule has 1 saturated heterocycles. The molecule has 1 amide bonds. The lowest BCUT2D eigenvalue weighted by Crippen LogP contribution is -2.49. The second-order valence-corrected chi connectivity index (χ2v) is 7.44. The normalized spacial score (nSPS) is 17.3. The van der Waals surface area contributed by atoms with Gasteiger partial charge in [-0.05, 0) is 46.6 Å². The highest BCUT2D eigenvalue weighted by atomic mass is 16.6. The molecule has 0 N–H and O–H groups in total. The fourth-order valence-electron chi connectivity index (χ4n) is 2.81. The number of ether oxygens (including phenoxy) is 2. The Balaban J connectivity index is 3.03. The predicted molar refractivity (Wildman–Crippen MR) is 107 cm³/mol. The van der Waals surface area contributed by atoms with Crippen LogP contribution in [0.2, 0.25) is 0 Å². The monoisotopic (exact) mass is 375 g/mol. The van der Waals surface area contributed by atoms with Crippen LogP contribution in [-0.4, -0.2) is 54.8 Å². The number of piperazine rings is 1. The first kappa shape index (κ1) is 22.6. The van der Waals surface area contributed by atoms with Gasteiger partial charge in [0.2, 0.25) is 0 Å². The average molecular weight is 376 g/mol. The molecule has 1 rings (SSSR count). The van der Waals surface area contributed by atoms with Gasteiger partial charge in [0.1, 0.15) is 11.7 Å². The fourth-order valence-corrected chi connectivity index (χ4v) is 2.81. The van der Waals surface area contributed by atoms with Crippen LogP contribution in [0.15, 0.2) is 34.8 Å². The van der Waals surface area contributed by atoms with Crippen molar-refractivity contribution in [3.05, 3.63) is 34.8 Å². The molecule has 0 spiro atoms. The smallest absolute Gasteiger partial charge is 0.410 e. The van der Waals surface area contributed by atoms with Crippen LogP contribution >= 0.6 is 0 Å². The van der Waals surface area contributed by atoms with Crippen LogP contribution in [0.5, 0.6) is 0 Å². The zero-order valence-corrected chi connectivity index (χ0v) is 17.8. The van der Waals surface area contributed by atoms with E-state index in [9.17, 15) is 10.1 Å². The minimum absolute atomic E-state index is 0.284. The lowest BCUT2D eigenvalue weighted by molar-refractivity contribution is 0.0166. The van der Waals surface area contributed by atoms with Crippen molar-refractivity contribution in [1.82, 2.24) is 9.80 Å². The molecule has 0 aromatic carbocycles. The SMILES string of the molecule is C\C=C(C)/C(C#N)=C(OC)\C(=C\CC)N1CCN(C(=O)OC(C)(C)C)CC1. The van der Waals surface area contributed by atoms with Gasteiger partial charge in [-0.3, -0.25) is 0 Å². The molecular weight excluding hydrogens is 342 g/mol. The van der Waals surface area contributed by atoms with E-state index in [1.54, 1.807) is 12.0 Å². The lowest BCUT2D eigenvalue weighted by Gasteiger charge is -2.38. The van der Waals surface area contributed by atoms with Crippen LogP contribution in [0.1, 0.15) is 48.0 Å². The zero-order valence-electron chi connectivity index (χ0n) is 17.8. The number of allylic oxidation sites excluding steroid dienone is 4. The van der Waals surface area contributed by atoms with Gasteiger partial charge in [0.15, 0.2) is 5.76 Å². The Morgan fingerprint density at radius 2 is 1.74 bits per heavy atom. The van der Waals surface area contributed by atoms with E-state index in [1.165, 1.54) is 0 Å². The Labute approximate surface area is 163 Å². The molecule has 1 aliphatic rings. The maximum absolute atomic E-state index is 12.3. The maximum Gasteiger partial charge on any atom is 0.410 e. The van der Waals surface area contributed by atoms with Gasteiger partial charge in [-0.15, -0.1) is 0 Å². The van der Waals surface area contributed by atoms with E-state index in [2.05, 4.69) is 24.0 Å². The Kier molecular flexibility index (Phi) is 8.42. The Morgan fingerprint density at radius 3 is 2.15 bits per heavy atom. The molecule has 1 heterocycles. The van der Waals surface area contributed by atoms with Crippen LogP contribution < -0.4 is 0 Å². The summed E-state index contributed by atoms with van der Waals surface area (Å²) in [4.78, 5) is 16.2. The van der Waals surface area contributed by atoms with Gasteiger partial charge in [-0.2, -0.15) is 5.26 Å². The van der Waals surface area contributed by atoms with Crippen LogP contribution in [-0.2, 0) is 9.47 Å². The van der Waals surface area contributed by atoms with Crippen molar-refractivity contribution in [1.29, 1.82) is 5.26 Å². The molecule has 0 aromatic rings. The van der Waals surface area contributed by atoms with Gasteiger partial charge in [0, 0.05) is 26.2 Å². The minimum atomic E-state index is -0.501. The quantitative estimate of drug-likeness (QED) is 0.409. The molecule has 0 atom stereocenters. The lowest BCUT2D eigenvalue weighted by atomic mass is 10.0. The number of amides is 1. The number of methoxy groups -OCH3 is 1. The molecule has 27 heavy (non-hydrogen) atoms. The molecule has 6 heteroatoms. The predicted octanol–water partition coefficient (Wildman–Crippen LogP) is 4.22. The van der Waals surface area contributed by atoms with Crippen molar-refractivity contribution < 1.29 is 14.3 Å². The topological polar surface area (TPSA) is 65.8 Å². The van der Waals surface area contributed by atoms with Crippen LogP contribution in [0, 0.1) is 11.3 Å². The van der Waals surface area contributed by atoms with Crippen molar-refractivity contribution in [2.24, 2.45) is 0 Å². The van der Waals surface area contributed by atoms with E-state index in [0.717, 1.165) is 17.7 Å². The Bertz CT molecular complexity index is 655. The first-order valence-electron chi connectivity index (χ1n) is 9.43. The summed E-state index contributed by atoms with van der Waals surface area (Å²) in [6.07, 6.45) is 4.51. The second-order valence-electron chi connectivity index (χ2n) is 7.44. The zero-order chi connectivity index (χ0) is 20.6. The number of hydrogen-bond donors (Lipinski definition) is 0. The van der Waals surface area contributed by atoms with Crippen LogP contribution in [0.3, 0.4) is 0 Å². The molecule has 1 aliphatic heterocycles. The fraction of sp³-hybridized carbons (Fsp3) is 0.619. The number of nitrogens with zero attached hydrogens (tertiary/aromatic N) is 3. The van der Waals surface area contributed by atoms with E-state index in [4.69, 9.17) is 9.47 Å². The first-order valence-corrected chi connectivity index (χ1v) is 9.43. The van der Waals surface area contributed by atoms with Gasteiger partial charge in [0.05, 0.1) is 18.4 Å². The third-order valence-electron chi connectivity index (χ3n) is 4.27. The van der Waals surface area contributed by atoms with E-state index in [0.29, 0.717) is 37.5 Å². The first-order chi connectivity index (χ1) is 12.7. The summed E-state index contributed by atoms with van der Waals surface area (Å²) in [5.74, 6) is 0.584. The Hall–Kier alpha value is -2.42. The average Bonchev–Trinajstić information content (AvgIpc) is 2.62. The third kappa shape index (κ3) is 6.35. The second kappa shape index (κ2) is 10.1. The molecule has 150 valence electrons. The van der Waals surface area contributed by atoms with Crippen molar-refractivity contribution >= 4 is 6.09 Å². The van der Waals surface area contributed by atoms with Crippen molar-refractivity contribution in [2.45, 2.75) is 53.6 Å². The number of nitriles is 1. The molecule has 0 aromatic heterocycles. The summed E-state index contributed by atoms with van der Waals surface area (Å²) in [5.41, 5.74) is 1.82. The highest BCUT2D eigenvalue weighted by Gasteiger charge is 2.28. The number of hydrogen-bond acceptors (Lipinski definition) is 5. The Morgan fingerprint density at radius 1 is 1.19 bits per heavy atom. The van der Waals surface area contributed by atoms with Crippen molar-refractivity contribution in [2.75, 3.05) is 33.3 Å². The van der Waals surface area contributed by atoms with Gasteiger partial charge in [-0.25, -0.2) is 4.79 Å². The summed E-state index contributed by atoms with van der Waals surface area (Å²) < 4.78 is 11.1. The summed E-state index contributed by atoms with van der Waals surface area (Å²) in [5, 5.41) is 9.62. The number of carbonyl (C=O) groups is 1.